The molecule has 2 N–H and O–H groups in total. The first-order valence-electron chi connectivity index (χ1n) is 5.89. The van der Waals surface area contributed by atoms with E-state index in [4.69, 9.17) is 4.42 Å². The summed E-state index contributed by atoms with van der Waals surface area (Å²) in [6.45, 7) is 2.93. The summed E-state index contributed by atoms with van der Waals surface area (Å²) < 4.78 is 5.25. The van der Waals surface area contributed by atoms with Crippen LogP contribution in [0.4, 0.5) is 0 Å². The normalized spacial score (nSPS) is 22.1. The summed E-state index contributed by atoms with van der Waals surface area (Å²) in [5, 5.41) is 6.30. The van der Waals surface area contributed by atoms with Gasteiger partial charge in [0.1, 0.15) is 5.76 Å². The van der Waals surface area contributed by atoms with Gasteiger partial charge in [0.2, 0.25) is 5.91 Å². The number of carbonyl (C=O) groups excluding carboxylic acids is 1. The quantitative estimate of drug-likeness (QED) is 0.856. The second kappa shape index (κ2) is 6.12. The van der Waals surface area contributed by atoms with Crippen molar-refractivity contribution in [3.8, 4) is 0 Å². The number of furan rings is 1. The average molecular weight is 254 g/mol. The Morgan fingerprint density at radius 1 is 1.76 bits per heavy atom. The van der Waals surface area contributed by atoms with Gasteiger partial charge < -0.3 is 15.1 Å². The van der Waals surface area contributed by atoms with Crippen LogP contribution in [0.1, 0.15) is 25.1 Å². The van der Waals surface area contributed by atoms with Gasteiger partial charge >= 0.3 is 0 Å². The van der Waals surface area contributed by atoms with Crippen LogP contribution in [0.25, 0.3) is 0 Å². The third kappa shape index (κ3) is 3.78. The van der Waals surface area contributed by atoms with Crippen LogP contribution in [-0.4, -0.2) is 30.0 Å². The molecular formula is C12H18N2O2S. The highest BCUT2D eigenvalue weighted by Gasteiger charge is 2.18. The fourth-order valence-corrected chi connectivity index (χ4v) is 2.83. The van der Waals surface area contributed by atoms with E-state index in [1.165, 1.54) is 0 Å². The second-order valence-electron chi connectivity index (χ2n) is 4.23. The zero-order valence-corrected chi connectivity index (χ0v) is 10.8. The minimum absolute atomic E-state index is 0.0613. The molecule has 1 saturated heterocycles. The Labute approximate surface area is 106 Å². The molecule has 0 aliphatic carbocycles. The summed E-state index contributed by atoms with van der Waals surface area (Å²) in [5.41, 5.74) is 0. The van der Waals surface area contributed by atoms with Crippen molar-refractivity contribution >= 4 is 17.7 Å². The molecule has 0 aromatic carbocycles. The van der Waals surface area contributed by atoms with E-state index in [9.17, 15) is 4.79 Å². The summed E-state index contributed by atoms with van der Waals surface area (Å²) in [6, 6.07) is 3.95. The summed E-state index contributed by atoms with van der Waals surface area (Å²) in [6.07, 6.45) is 2.16. The number of carbonyl (C=O) groups is 1. The maximum atomic E-state index is 11.8. The fourth-order valence-electron chi connectivity index (χ4n) is 1.88. The molecular weight excluding hydrogens is 236 g/mol. The zero-order valence-electron chi connectivity index (χ0n) is 9.94. The predicted molar refractivity (Wildman–Crippen MR) is 69.0 cm³/mol. The van der Waals surface area contributed by atoms with E-state index in [0.29, 0.717) is 12.5 Å². The van der Waals surface area contributed by atoms with Gasteiger partial charge in [0.05, 0.1) is 12.3 Å². The molecule has 5 heteroatoms. The van der Waals surface area contributed by atoms with Crippen molar-refractivity contribution in [1.29, 1.82) is 0 Å². The lowest BCUT2D eigenvalue weighted by atomic mass is 10.2. The largest absolute Gasteiger partial charge is 0.467 e. The molecule has 1 fully saturated rings. The summed E-state index contributed by atoms with van der Waals surface area (Å²) in [4.78, 5) is 11.8. The van der Waals surface area contributed by atoms with Crippen LogP contribution in [0.2, 0.25) is 0 Å². The highest BCUT2D eigenvalue weighted by molar-refractivity contribution is 7.99. The number of rotatable bonds is 4. The third-order valence-corrected chi connectivity index (χ3v) is 3.91. The SMILES string of the molecule is CC(NC(=O)CC1CSCCN1)c1ccco1. The Bertz CT molecular complexity index is 347. The van der Waals surface area contributed by atoms with Crippen LogP contribution in [0.15, 0.2) is 22.8 Å². The lowest BCUT2D eigenvalue weighted by molar-refractivity contribution is -0.122. The topological polar surface area (TPSA) is 54.3 Å². The van der Waals surface area contributed by atoms with E-state index in [1.54, 1.807) is 6.26 Å². The maximum Gasteiger partial charge on any atom is 0.222 e. The van der Waals surface area contributed by atoms with E-state index in [0.717, 1.165) is 23.8 Å². The maximum absolute atomic E-state index is 11.8. The van der Waals surface area contributed by atoms with Crippen molar-refractivity contribution in [3.63, 3.8) is 0 Å². The first-order chi connectivity index (χ1) is 8.25. The van der Waals surface area contributed by atoms with E-state index >= 15 is 0 Å². The Kier molecular flexibility index (Phi) is 4.50. The molecule has 2 atom stereocenters. The van der Waals surface area contributed by atoms with Crippen LogP contribution in [-0.2, 0) is 4.79 Å². The van der Waals surface area contributed by atoms with Crippen LogP contribution >= 0.6 is 11.8 Å². The van der Waals surface area contributed by atoms with Crippen molar-refractivity contribution < 1.29 is 9.21 Å². The Morgan fingerprint density at radius 3 is 3.29 bits per heavy atom. The van der Waals surface area contributed by atoms with Crippen molar-refractivity contribution in [2.75, 3.05) is 18.1 Å². The Morgan fingerprint density at radius 2 is 2.65 bits per heavy atom. The van der Waals surface area contributed by atoms with Crippen molar-refractivity contribution in [3.05, 3.63) is 24.2 Å². The number of amides is 1. The summed E-state index contributed by atoms with van der Waals surface area (Å²) in [7, 11) is 0. The Hall–Kier alpha value is -0.940. The zero-order chi connectivity index (χ0) is 12.1. The van der Waals surface area contributed by atoms with Gasteiger partial charge in [0.15, 0.2) is 0 Å². The molecule has 0 saturated carbocycles. The van der Waals surface area contributed by atoms with Gasteiger partial charge in [-0.3, -0.25) is 4.79 Å². The van der Waals surface area contributed by atoms with Gasteiger partial charge in [-0.05, 0) is 19.1 Å². The molecule has 0 spiro atoms. The minimum Gasteiger partial charge on any atom is -0.467 e. The first kappa shape index (κ1) is 12.5. The molecule has 2 rings (SSSR count). The third-order valence-electron chi connectivity index (χ3n) is 2.78. The number of hydrogen-bond acceptors (Lipinski definition) is 4. The van der Waals surface area contributed by atoms with Crippen molar-refractivity contribution in [2.45, 2.75) is 25.4 Å². The van der Waals surface area contributed by atoms with Gasteiger partial charge in [0, 0.05) is 30.5 Å². The highest BCUT2D eigenvalue weighted by atomic mass is 32.2. The van der Waals surface area contributed by atoms with Gasteiger partial charge in [-0.15, -0.1) is 0 Å². The molecule has 1 aromatic heterocycles. The molecule has 17 heavy (non-hydrogen) atoms. The predicted octanol–water partition coefficient (Wildman–Crippen LogP) is 1.55. The fraction of sp³-hybridized carbons (Fsp3) is 0.583. The van der Waals surface area contributed by atoms with E-state index in [1.807, 2.05) is 30.8 Å². The molecule has 1 amide bonds. The lowest BCUT2D eigenvalue weighted by Gasteiger charge is -2.23. The molecule has 2 heterocycles. The van der Waals surface area contributed by atoms with E-state index in [2.05, 4.69) is 10.6 Å². The average Bonchev–Trinajstić information content (AvgIpc) is 2.83. The van der Waals surface area contributed by atoms with Crippen molar-refractivity contribution in [1.82, 2.24) is 10.6 Å². The number of nitrogens with one attached hydrogen (secondary N) is 2. The number of hydrogen-bond donors (Lipinski definition) is 2. The smallest absolute Gasteiger partial charge is 0.222 e. The molecule has 1 aromatic rings. The van der Waals surface area contributed by atoms with Gasteiger partial charge in [0.25, 0.3) is 0 Å². The van der Waals surface area contributed by atoms with Gasteiger partial charge in [-0.2, -0.15) is 11.8 Å². The lowest BCUT2D eigenvalue weighted by Crippen LogP contribution is -2.41. The molecule has 0 radical (unpaired) electrons. The molecule has 4 nitrogen and oxygen atoms in total. The van der Waals surface area contributed by atoms with Crippen LogP contribution in [0.3, 0.4) is 0 Å². The van der Waals surface area contributed by atoms with Gasteiger partial charge in [-0.1, -0.05) is 0 Å². The monoisotopic (exact) mass is 254 g/mol. The molecule has 94 valence electrons. The molecule has 0 bridgehead atoms. The first-order valence-corrected chi connectivity index (χ1v) is 7.05. The summed E-state index contributed by atoms with van der Waals surface area (Å²) >= 11 is 1.90. The standard InChI is InChI=1S/C12H18N2O2S/c1-9(11-3-2-5-16-11)14-12(15)7-10-8-17-6-4-13-10/h2-3,5,9-10,13H,4,6-8H2,1H3,(H,14,15). The molecule has 1 aliphatic heterocycles. The molecule has 1 aliphatic rings. The molecule has 2 unspecified atom stereocenters. The van der Waals surface area contributed by atoms with E-state index < -0.39 is 0 Å². The van der Waals surface area contributed by atoms with E-state index in [-0.39, 0.29) is 11.9 Å². The Balaban J connectivity index is 1.76. The van der Waals surface area contributed by atoms with Crippen LogP contribution in [0, 0.1) is 0 Å². The van der Waals surface area contributed by atoms with Gasteiger partial charge in [-0.25, -0.2) is 0 Å². The minimum atomic E-state index is -0.0613. The highest BCUT2D eigenvalue weighted by Crippen LogP contribution is 2.14. The summed E-state index contributed by atoms with van der Waals surface area (Å²) in [5.74, 6) is 3.03. The van der Waals surface area contributed by atoms with Crippen LogP contribution < -0.4 is 10.6 Å². The van der Waals surface area contributed by atoms with Crippen molar-refractivity contribution in [2.24, 2.45) is 0 Å². The van der Waals surface area contributed by atoms with Crippen LogP contribution in [0.5, 0.6) is 0 Å². The second-order valence-corrected chi connectivity index (χ2v) is 5.38. The number of thioether (sulfide) groups is 1.